The zero-order valence-electron chi connectivity index (χ0n) is 10.7. The van der Waals surface area contributed by atoms with Crippen molar-refractivity contribution in [3.05, 3.63) is 49.6 Å². The van der Waals surface area contributed by atoms with Crippen molar-refractivity contribution in [2.75, 3.05) is 6.61 Å². The first-order valence-electron chi connectivity index (χ1n) is 5.96. The molecule has 0 aliphatic carbocycles. The molecule has 2 N–H and O–H groups in total. The Balaban J connectivity index is 2.37. The predicted octanol–water partition coefficient (Wildman–Crippen LogP) is 4.81. The highest BCUT2D eigenvalue weighted by molar-refractivity contribution is 7.12. The fourth-order valence-corrected chi connectivity index (χ4v) is 3.22. The largest absolute Gasteiger partial charge is 0.492 e. The minimum absolute atomic E-state index is 0.264. The molecule has 0 radical (unpaired) electrons. The molecule has 102 valence electrons. The van der Waals surface area contributed by atoms with Crippen molar-refractivity contribution in [2.45, 2.75) is 19.9 Å². The van der Waals surface area contributed by atoms with Gasteiger partial charge in [-0.3, -0.25) is 0 Å². The van der Waals surface area contributed by atoms with Crippen LogP contribution in [-0.2, 0) is 0 Å². The highest BCUT2D eigenvalue weighted by atomic mass is 35.5. The second-order valence-electron chi connectivity index (χ2n) is 4.16. The number of hydrogen-bond donors (Lipinski definition) is 1. The molecule has 1 aromatic heterocycles. The molecule has 0 fully saturated rings. The van der Waals surface area contributed by atoms with Crippen LogP contribution in [0.15, 0.2) is 24.3 Å². The van der Waals surface area contributed by atoms with Crippen molar-refractivity contribution in [1.82, 2.24) is 0 Å². The fourth-order valence-electron chi connectivity index (χ4n) is 1.82. The molecule has 0 amide bonds. The Hall–Kier alpha value is -0.740. The average molecular weight is 316 g/mol. The van der Waals surface area contributed by atoms with Crippen LogP contribution >= 0.6 is 34.5 Å². The maximum Gasteiger partial charge on any atom is 0.139 e. The Bertz CT molecular complexity index is 583. The third kappa shape index (κ3) is 3.23. The molecule has 2 rings (SSSR count). The van der Waals surface area contributed by atoms with E-state index in [2.05, 4.69) is 0 Å². The van der Waals surface area contributed by atoms with Crippen molar-refractivity contribution in [3.63, 3.8) is 0 Å². The lowest BCUT2D eigenvalue weighted by atomic mass is 10.1. The van der Waals surface area contributed by atoms with Crippen LogP contribution in [0, 0.1) is 6.92 Å². The summed E-state index contributed by atoms with van der Waals surface area (Å²) in [7, 11) is 0. The maximum atomic E-state index is 6.27. The summed E-state index contributed by atoms with van der Waals surface area (Å²) >= 11 is 14.1. The van der Waals surface area contributed by atoms with Crippen LogP contribution in [0.25, 0.3) is 0 Å². The Morgan fingerprint density at radius 2 is 2.00 bits per heavy atom. The molecule has 1 unspecified atom stereocenters. The summed E-state index contributed by atoms with van der Waals surface area (Å²) in [5.41, 5.74) is 7.07. The van der Waals surface area contributed by atoms with Gasteiger partial charge in [0.15, 0.2) is 0 Å². The van der Waals surface area contributed by atoms with E-state index in [0.29, 0.717) is 22.4 Å². The molecule has 1 heterocycles. The molecule has 5 heteroatoms. The van der Waals surface area contributed by atoms with Gasteiger partial charge in [-0.1, -0.05) is 23.2 Å². The molecular formula is C14H15Cl2NOS. The van der Waals surface area contributed by atoms with Crippen LogP contribution in [0.4, 0.5) is 0 Å². The van der Waals surface area contributed by atoms with E-state index in [-0.39, 0.29) is 6.04 Å². The molecule has 0 aliphatic heterocycles. The summed E-state index contributed by atoms with van der Waals surface area (Å²) < 4.78 is 5.41. The third-order valence-electron chi connectivity index (χ3n) is 2.75. The first-order valence-corrected chi connectivity index (χ1v) is 7.53. The molecule has 19 heavy (non-hydrogen) atoms. The third-order valence-corrected chi connectivity index (χ3v) is 4.46. The SMILES string of the molecule is CCOc1cc(Cl)c(C(N)c2ccc(C)s2)cc1Cl. The van der Waals surface area contributed by atoms with E-state index in [1.54, 1.807) is 23.5 Å². The standard InChI is InChI=1S/C14H15Cl2NOS/c1-3-18-12-7-10(15)9(6-11(12)16)14(17)13-5-4-8(2)19-13/h4-7,14H,3,17H2,1-2H3. The number of hydrogen-bond acceptors (Lipinski definition) is 3. The van der Waals surface area contributed by atoms with Crippen LogP contribution < -0.4 is 10.5 Å². The van der Waals surface area contributed by atoms with Crippen LogP contribution in [0.1, 0.15) is 28.3 Å². The van der Waals surface area contributed by atoms with E-state index < -0.39 is 0 Å². The number of benzene rings is 1. The van der Waals surface area contributed by atoms with E-state index in [1.165, 1.54) is 4.88 Å². The van der Waals surface area contributed by atoms with E-state index in [9.17, 15) is 0 Å². The molecule has 2 nitrogen and oxygen atoms in total. The Morgan fingerprint density at radius 3 is 2.58 bits per heavy atom. The highest BCUT2D eigenvalue weighted by Crippen LogP contribution is 2.36. The molecule has 0 saturated carbocycles. The first-order chi connectivity index (χ1) is 9.02. The summed E-state index contributed by atoms with van der Waals surface area (Å²) in [6.07, 6.45) is 0. The molecule has 0 bridgehead atoms. The number of rotatable bonds is 4. The number of aryl methyl sites for hydroxylation is 1. The van der Waals surface area contributed by atoms with Crippen LogP contribution in [0.2, 0.25) is 10.0 Å². The van der Waals surface area contributed by atoms with Gasteiger partial charge in [0.05, 0.1) is 17.7 Å². The lowest BCUT2D eigenvalue weighted by molar-refractivity contribution is 0.340. The Morgan fingerprint density at radius 1 is 1.26 bits per heavy atom. The number of ether oxygens (including phenoxy) is 1. The highest BCUT2D eigenvalue weighted by Gasteiger charge is 2.17. The lowest BCUT2D eigenvalue weighted by Gasteiger charge is -2.15. The maximum absolute atomic E-state index is 6.27. The smallest absolute Gasteiger partial charge is 0.139 e. The van der Waals surface area contributed by atoms with Gasteiger partial charge in [-0.05, 0) is 37.6 Å². The Kier molecular flexibility index (Phi) is 4.74. The minimum Gasteiger partial charge on any atom is -0.492 e. The quantitative estimate of drug-likeness (QED) is 0.878. The summed E-state index contributed by atoms with van der Waals surface area (Å²) in [4.78, 5) is 2.29. The molecule has 0 spiro atoms. The van der Waals surface area contributed by atoms with Gasteiger partial charge in [-0.2, -0.15) is 0 Å². The van der Waals surface area contributed by atoms with Crippen LogP contribution in [-0.4, -0.2) is 6.61 Å². The number of nitrogens with two attached hydrogens (primary N) is 1. The zero-order valence-corrected chi connectivity index (χ0v) is 13.1. The molecule has 0 saturated heterocycles. The van der Waals surface area contributed by atoms with Crippen molar-refractivity contribution in [2.24, 2.45) is 5.73 Å². The Labute approximate surface area is 127 Å². The summed E-state index contributed by atoms with van der Waals surface area (Å²) in [6, 6.07) is 7.31. The molecule has 1 atom stereocenters. The van der Waals surface area contributed by atoms with Crippen molar-refractivity contribution >= 4 is 34.5 Å². The van der Waals surface area contributed by atoms with Gasteiger partial charge in [0.1, 0.15) is 5.75 Å². The van der Waals surface area contributed by atoms with E-state index >= 15 is 0 Å². The van der Waals surface area contributed by atoms with E-state index in [4.69, 9.17) is 33.7 Å². The minimum atomic E-state index is -0.264. The van der Waals surface area contributed by atoms with Crippen molar-refractivity contribution < 1.29 is 4.74 Å². The van der Waals surface area contributed by atoms with E-state index in [0.717, 1.165) is 10.4 Å². The molecule has 0 aliphatic rings. The lowest BCUT2D eigenvalue weighted by Crippen LogP contribution is -2.11. The van der Waals surface area contributed by atoms with Crippen molar-refractivity contribution in [1.29, 1.82) is 0 Å². The van der Waals surface area contributed by atoms with Gasteiger partial charge in [0.25, 0.3) is 0 Å². The first kappa shape index (κ1) is 14.7. The van der Waals surface area contributed by atoms with Gasteiger partial charge < -0.3 is 10.5 Å². The molecular weight excluding hydrogens is 301 g/mol. The van der Waals surface area contributed by atoms with Gasteiger partial charge in [-0.25, -0.2) is 0 Å². The second-order valence-corrected chi connectivity index (χ2v) is 6.30. The second kappa shape index (κ2) is 6.14. The predicted molar refractivity (Wildman–Crippen MR) is 82.7 cm³/mol. The topological polar surface area (TPSA) is 35.2 Å². The van der Waals surface area contributed by atoms with E-state index in [1.807, 2.05) is 26.0 Å². The molecule has 1 aromatic carbocycles. The average Bonchev–Trinajstić information content (AvgIpc) is 2.79. The summed E-state index contributed by atoms with van der Waals surface area (Å²) in [6.45, 7) is 4.50. The molecule has 2 aromatic rings. The van der Waals surface area contributed by atoms with Gasteiger partial charge in [0, 0.05) is 20.8 Å². The normalized spacial score (nSPS) is 12.5. The number of halogens is 2. The van der Waals surface area contributed by atoms with Crippen LogP contribution in [0.3, 0.4) is 0 Å². The van der Waals surface area contributed by atoms with Crippen molar-refractivity contribution in [3.8, 4) is 5.75 Å². The van der Waals surface area contributed by atoms with Crippen LogP contribution in [0.5, 0.6) is 5.75 Å². The summed E-state index contributed by atoms with van der Waals surface area (Å²) in [5.74, 6) is 0.590. The number of thiophene rings is 1. The zero-order chi connectivity index (χ0) is 14.0. The monoisotopic (exact) mass is 315 g/mol. The summed E-state index contributed by atoms with van der Waals surface area (Å²) in [5, 5.41) is 1.11. The van der Waals surface area contributed by atoms with Gasteiger partial charge in [-0.15, -0.1) is 11.3 Å². The van der Waals surface area contributed by atoms with Gasteiger partial charge >= 0.3 is 0 Å². The fraction of sp³-hybridized carbons (Fsp3) is 0.286. The van der Waals surface area contributed by atoms with Gasteiger partial charge in [0.2, 0.25) is 0 Å².